The minimum atomic E-state index is 0.750. The van der Waals surface area contributed by atoms with Crippen molar-refractivity contribution >= 4 is 23.0 Å². The number of ether oxygens (including phenoxy) is 3. The zero-order chi connectivity index (χ0) is 20.8. The predicted molar refractivity (Wildman–Crippen MR) is 120 cm³/mol. The first kappa shape index (κ1) is 21.2. The molecule has 0 atom stereocenters. The van der Waals surface area contributed by atoms with Gasteiger partial charge in [0.2, 0.25) is 0 Å². The van der Waals surface area contributed by atoms with E-state index in [9.17, 15) is 0 Å². The summed E-state index contributed by atoms with van der Waals surface area (Å²) in [5.41, 5.74) is 3.41. The van der Waals surface area contributed by atoms with Crippen LogP contribution in [0.5, 0.6) is 17.2 Å². The van der Waals surface area contributed by atoms with Gasteiger partial charge in [0.25, 0.3) is 0 Å². The molecule has 2 aromatic carbocycles. The van der Waals surface area contributed by atoms with Gasteiger partial charge in [0.05, 0.1) is 21.3 Å². The Morgan fingerprint density at radius 2 is 1.66 bits per heavy atom. The Morgan fingerprint density at radius 3 is 2.31 bits per heavy atom. The van der Waals surface area contributed by atoms with Crippen molar-refractivity contribution in [1.82, 2.24) is 9.80 Å². The zero-order valence-electron chi connectivity index (χ0n) is 17.5. The van der Waals surface area contributed by atoms with Crippen molar-refractivity contribution < 1.29 is 14.2 Å². The number of nitrogens with one attached hydrogen (secondary N) is 1. The average molecular weight is 416 g/mol. The van der Waals surface area contributed by atoms with Crippen molar-refractivity contribution in [2.24, 2.45) is 0 Å². The van der Waals surface area contributed by atoms with Crippen molar-refractivity contribution in [2.45, 2.75) is 13.5 Å². The van der Waals surface area contributed by atoms with Crippen LogP contribution >= 0.6 is 12.2 Å². The summed E-state index contributed by atoms with van der Waals surface area (Å²) in [6.45, 7) is 6.68. The van der Waals surface area contributed by atoms with Crippen molar-refractivity contribution in [3.05, 3.63) is 47.5 Å². The molecular weight excluding hydrogens is 386 g/mol. The van der Waals surface area contributed by atoms with Crippen LogP contribution in [0.2, 0.25) is 0 Å². The van der Waals surface area contributed by atoms with Crippen molar-refractivity contribution in [3.63, 3.8) is 0 Å². The van der Waals surface area contributed by atoms with E-state index in [4.69, 9.17) is 26.4 Å². The summed E-state index contributed by atoms with van der Waals surface area (Å²) in [5, 5.41) is 4.07. The van der Waals surface area contributed by atoms with Crippen molar-refractivity contribution in [1.29, 1.82) is 0 Å². The molecule has 0 radical (unpaired) electrons. The third kappa shape index (κ3) is 5.31. The van der Waals surface area contributed by atoms with Gasteiger partial charge in [-0.05, 0) is 54.5 Å². The number of hydrogen-bond acceptors (Lipinski definition) is 5. The van der Waals surface area contributed by atoms with Gasteiger partial charge in [0.1, 0.15) is 5.75 Å². The van der Waals surface area contributed by atoms with Crippen LogP contribution in [0.1, 0.15) is 11.1 Å². The highest BCUT2D eigenvalue weighted by molar-refractivity contribution is 7.80. The maximum atomic E-state index is 5.61. The van der Waals surface area contributed by atoms with Crippen LogP contribution in [-0.2, 0) is 6.54 Å². The molecular formula is C22H29N3O3S. The molecule has 2 aromatic rings. The zero-order valence-corrected chi connectivity index (χ0v) is 18.3. The molecule has 156 valence electrons. The minimum Gasteiger partial charge on any atom is -0.497 e. The van der Waals surface area contributed by atoms with Gasteiger partial charge in [-0.2, -0.15) is 0 Å². The smallest absolute Gasteiger partial charge is 0.173 e. The predicted octanol–water partition coefficient (Wildman–Crippen LogP) is 3.54. The third-order valence-electron chi connectivity index (χ3n) is 5.22. The Hall–Kier alpha value is -2.51. The lowest BCUT2D eigenvalue weighted by molar-refractivity contribution is 0.176. The molecule has 1 heterocycles. The van der Waals surface area contributed by atoms with E-state index in [-0.39, 0.29) is 0 Å². The number of methoxy groups -OCH3 is 3. The molecule has 0 amide bonds. The molecule has 1 saturated heterocycles. The second-order valence-electron chi connectivity index (χ2n) is 7.06. The Kier molecular flexibility index (Phi) is 7.17. The average Bonchev–Trinajstić information content (AvgIpc) is 2.75. The molecule has 29 heavy (non-hydrogen) atoms. The summed E-state index contributed by atoms with van der Waals surface area (Å²) in [5.74, 6) is 2.36. The van der Waals surface area contributed by atoms with E-state index < -0.39 is 0 Å². The van der Waals surface area contributed by atoms with E-state index in [0.29, 0.717) is 0 Å². The molecule has 6 nitrogen and oxygen atoms in total. The maximum Gasteiger partial charge on any atom is 0.173 e. The minimum absolute atomic E-state index is 0.750. The molecule has 0 spiro atoms. The molecule has 0 bridgehead atoms. The fourth-order valence-corrected chi connectivity index (χ4v) is 3.75. The third-order valence-corrected chi connectivity index (χ3v) is 5.58. The number of hydrogen-bond donors (Lipinski definition) is 1. The molecule has 1 fully saturated rings. The SMILES string of the molecule is COc1cccc(NC(=S)N2CCN(Cc3cc(OC)c(OC)cc3C)CC2)c1. The van der Waals surface area contributed by atoms with Gasteiger partial charge in [0, 0.05) is 44.5 Å². The van der Waals surface area contributed by atoms with Gasteiger partial charge in [-0.25, -0.2) is 0 Å². The second kappa shape index (κ2) is 9.80. The molecule has 7 heteroatoms. The Bertz CT molecular complexity index is 851. The van der Waals surface area contributed by atoms with Crippen LogP contribution in [0.25, 0.3) is 0 Å². The monoisotopic (exact) mass is 415 g/mol. The molecule has 0 aliphatic carbocycles. The Labute approximate surface area is 178 Å². The molecule has 3 rings (SSSR count). The summed E-state index contributed by atoms with van der Waals surface area (Å²) >= 11 is 5.61. The number of rotatable bonds is 6. The molecule has 1 aliphatic rings. The van der Waals surface area contributed by atoms with Crippen molar-refractivity contribution in [3.8, 4) is 17.2 Å². The fraction of sp³-hybridized carbons (Fsp3) is 0.409. The normalized spacial score (nSPS) is 14.4. The Morgan fingerprint density at radius 1 is 0.966 bits per heavy atom. The highest BCUT2D eigenvalue weighted by Crippen LogP contribution is 2.31. The first-order valence-electron chi connectivity index (χ1n) is 9.68. The van der Waals surface area contributed by atoms with Gasteiger partial charge < -0.3 is 24.4 Å². The lowest BCUT2D eigenvalue weighted by atomic mass is 10.1. The van der Waals surface area contributed by atoms with Gasteiger partial charge in [-0.1, -0.05) is 6.07 Å². The molecule has 1 aliphatic heterocycles. The van der Waals surface area contributed by atoms with E-state index in [2.05, 4.69) is 28.1 Å². The summed E-state index contributed by atoms with van der Waals surface area (Å²) in [6, 6.07) is 11.9. The Balaban J connectivity index is 1.56. The molecule has 0 aromatic heterocycles. The van der Waals surface area contributed by atoms with Crippen LogP contribution in [0.3, 0.4) is 0 Å². The van der Waals surface area contributed by atoms with E-state index in [1.54, 1.807) is 21.3 Å². The highest BCUT2D eigenvalue weighted by Gasteiger charge is 2.20. The quantitative estimate of drug-likeness (QED) is 0.724. The first-order chi connectivity index (χ1) is 14.0. The number of anilines is 1. The van der Waals surface area contributed by atoms with Crippen LogP contribution in [0.15, 0.2) is 36.4 Å². The lowest BCUT2D eigenvalue weighted by Crippen LogP contribution is -2.49. The first-order valence-corrected chi connectivity index (χ1v) is 10.1. The van der Waals surface area contributed by atoms with Gasteiger partial charge in [0.15, 0.2) is 16.6 Å². The molecule has 0 unspecified atom stereocenters. The second-order valence-corrected chi connectivity index (χ2v) is 7.45. The van der Waals surface area contributed by atoms with Gasteiger partial charge >= 0.3 is 0 Å². The maximum absolute atomic E-state index is 5.61. The summed E-state index contributed by atoms with van der Waals surface area (Å²) in [4.78, 5) is 4.66. The fourth-order valence-electron chi connectivity index (χ4n) is 3.45. The van der Waals surface area contributed by atoms with Crippen LogP contribution in [0, 0.1) is 6.92 Å². The standard InChI is InChI=1S/C22H29N3O3S/c1-16-12-20(27-3)21(28-4)13-17(16)15-24-8-10-25(11-9-24)22(29)23-18-6-5-7-19(14-18)26-2/h5-7,12-14H,8-11,15H2,1-4H3,(H,23,29). The van der Waals surface area contributed by atoms with E-state index >= 15 is 0 Å². The largest absolute Gasteiger partial charge is 0.497 e. The summed E-state index contributed by atoms with van der Waals surface area (Å²) in [7, 11) is 5.00. The van der Waals surface area contributed by atoms with Crippen LogP contribution in [-0.4, -0.2) is 62.4 Å². The summed E-state index contributed by atoms with van der Waals surface area (Å²) < 4.78 is 16.1. The van der Waals surface area contributed by atoms with Crippen LogP contribution in [0.4, 0.5) is 5.69 Å². The highest BCUT2D eigenvalue weighted by atomic mass is 32.1. The molecule has 1 N–H and O–H groups in total. The van der Waals surface area contributed by atoms with Crippen LogP contribution < -0.4 is 19.5 Å². The number of piperazine rings is 1. The number of aryl methyl sites for hydroxylation is 1. The van der Waals surface area contributed by atoms with E-state index in [1.807, 2.05) is 30.3 Å². The molecule has 0 saturated carbocycles. The van der Waals surface area contributed by atoms with Gasteiger partial charge in [-0.3, -0.25) is 4.90 Å². The van der Waals surface area contributed by atoms with Crippen molar-refractivity contribution in [2.75, 3.05) is 52.8 Å². The lowest BCUT2D eigenvalue weighted by Gasteiger charge is -2.36. The topological polar surface area (TPSA) is 46.2 Å². The number of benzene rings is 2. The van der Waals surface area contributed by atoms with E-state index in [1.165, 1.54) is 11.1 Å². The number of nitrogens with zero attached hydrogens (tertiary/aromatic N) is 2. The van der Waals surface area contributed by atoms with Gasteiger partial charge in [-0.15, -0.1) is 0 Å². The number of thiocarbonyl (C=S) groups is 1. The van der Waals surface area contributed by atoms with E-state index in [0.717, 1.165) is 60.8 Å². The summed E-state index contributed by atoms with van der Waals surface area (Å²) in [6.07, 6.45) is 0.